The summed E-state index contributed by atoms with van der Waals surface area (Å²) in [6.45, 7) is 1.87. The molecule has 9 heteroatoms. The zero-order chi connectivity index (χ0) is 23.2. The molecule has 1 atom stereocenters. The summed E-state index contributed by atoms with van der Waals surface area (Å²) in [5.74, 6) is 0.466. The van der Waals surface area contributed by atoms with Crippen molar-refractivity contribution in [3.8, 4) is 22.8 Å². The van der Waals surface area contributed by atoms with Gasteiger partial charge < -0.3 is 14.9 Å². The summed E-state index contributed by atoms with van der Waals surface area (Å²) in [4.78, 5) is 18.6. The van der Waals surface area contributed by atoms with E-state index in [-0.39, 0.29) is 29.2 Å². The molecule has 1 saturated carbocycles. The van der Waals surface area contributed by atoms with Crippen LogP contribution >= 0.6 is 0 Å². The molecular formula is C25H23F2NO5S. The molecule has 6 nitrogen and oxygen atoms in total. The Morgan fingerprint density at radius 1 is 1.03 bits per heavy atom. The van der Waals surface area contributed by atoms with Gasteiger partial charge in [-0.3, -0.25) is 14.0 Å². The average Bonchev–Trinajstić information content (AvgIpc) is 3.56. The Bertz CT molecular complexity index is 1260. The second kappa shape index (κ2) is 8.88. The smallest absolute Gasteiger partial charge is 0.412 e. The van der Waals surface area contributed by atoms with Gasteiger partial charge in [-0.05, 0) is 54.8 Å². The molecule has 1 aliphatic carbocycles. The number of carbonyl (C=O) groups excluding carboxylic acids is 1. The molecule has 0 spiro atoms. The van der Waals surface area contributed by atoms with Crippen molar-refractivity contribution in [2.45, 2.75) is 42.8 Å². The molecule has 178 valence electrons. The number of fused-ring (bicyclic) bond motifs is 1. The first-order chi connectivity index (χ1) is 15.8. The van der Waals surface area contributed by atoms with E-state index in [4.69, 9.17) is 0 Å². The predicted molar refractivity (Wildman–Crippen MR) is 123 cm³/mol. The molecule has 1 unspecified atom stereocenters. The van der Waals surface area contributed by atoms with Gasteiger partial charge in [0.2, 0.25) is 0 Å². The Morgan fingerprint density at radius 2 is 1.74 bits per heavy atom. The molecule has 2 N–H and O–H groups in total. The minimum absolute atomic E-state index is 0. The summed E-state index contributed by atoms with van der Waals surface area (Å²) in [6.07, 6.45) is -2.25. The normalized spacial score (nSPS) is 17.5. The van der Waals surface area contributed by atoms with Gasteiger partial charge in [0.1, 0.15) is 5.78 Å². The maximum Gasteiger partial charge on any atom is 0.586 e. The number of halogens is 2. The molecule has 0 radical (unpaired) electrons. The number of alkyl halides is 2. The third-order valence-corrected chi connectivity index (χ3v) is 7.38. The monoisotopic (exact) mass is 487 g/mol. The molecule has 2 aliphatic rings. The SMILES string of the molecule is CCS(=O)c1ccc(-c2cccc(CC(=O)C3(c4ccc5c(c4)OC(F)(F)O5)CC3)n2)cc1.O. The van der Waals surface area contributed by atoms with Crippen molar-refractivity contribution in [1.29, 1.82) is 0 Å². The van der Waals surface area contributed by atoms with Crippen molar-refractivity contribution in [3.63, 3.8) is 0 Å². The van der Waals surface area contributed by atoms with Crippen molar-refractivity contribution in [3.05, 3.63) is 71.9 Å². The number of carbonyl (C=O) groups is 1. The first-order valence-electron chi connectivity index (χ1n) is 10.7. The van der Waals surface area contributed by atoms with Crippen molar-refractivity contribution < 1.29 is 32.7 Å². The van der Waals surface area contributed by atoms with E-state index in [9.17, 15) is 17.8 Å². The van der Waals surface area contributed by atoms with Crippen LogP contribution in [0.4, 0.5) is 8.78 Å². The molecule has 0 amide bonds. The van der Waals surface area contributed by atoms with Crippen LogP contribution in [0, 0.1) is 0 Å². The van der Waals surface area contributed by atoms with Crippen molar-refractivity contribution >= 4 is 16.6 Å². The van der Waals surface area contributed by atoms with Gasteiger partial charge in [-0.2, -0.15) is 0 Å². The van der Waals surface area contributed by atoms with E-state index < -0.39 is 22.5 Å². The van der Waals surface area contributed by atoms with Crippen LogP contribution in [0.1, 0.15) is 31.0 Å². The lowest BCUT2D eigenvalue weighted by molar-refractivity contribution is -0.286. The number of rotatable bonds is 7. The van der Waals surface area contributed by atoms with Gasteiger partial charge in [0, 0.05) is 28.3 Å². The predicted octanol–water partition coefficient (Wildman–Crippen LogP) is 4.22. The number of pyridine rings is 1. The van der Waals surface area contributed by atoms with Crippen LogP contribution in [0.25, 0.3) is 11.3 Å². The lowest BCUT2D eigenvalue weighted by Gasteiger charge is -2.15. The first kappa shape index (κ1) is 24.0. The highest BCUT2D eigenvalue weighted by molar-refractivity contribution is 7.85. The second-order valence-electron chi connectivity index (χ2n) is 8.18. The number of aromatic nitrogens is 1. The molecule has 0 bridgehead atoms. The largest absolute Gasteiger partial charge is 0.586 e. The van der Waals surface area contributed by atoms with Crippen molar-refractivity contribution in [2.24, 2.45) is 0 Å². The fourth-order valence-electron chi connectivity index (χ4n) is 4.12. The molecule has 1 aromatic heterocycles. The fourth-order valence-corrected chi connectivity index (χ4v) is 4.89. The van der Waals surface area contributed by atoms with E-state index in [1.165, 1.54) is 12.1 Å². The summed E-state index contributed by atoms with van der Waals surface area (Å²) in [6, 6.07) is 17.5. The number of nitrogens with zero attached hydrogens (tertiary/aromatic N) is 1. The van der Waals surface area contributed by atoms with Gasteiger partial charge in [-0.25, -0.2) is 0 Å². The Kier molecular flexibility index (Phi) is 6.26. The third-order valence-electron chi connectivity index (χ3n) is 6.06. The summed E-state index contributed by atoms with van der Waals surface area (Å²) in [5.41, 5.74) is 2.18. The number of Topliss-reactive ketones (excluding diaryl/α,β-unsaturated/α-hetero) is 1. The number of ether oxygens (including phenoxy) is 2. The molecule has 0 saturated heterocycles. The lowest BCUT2D eigenvalue weighted by atomic mass is 9.88. The highest BCUT2D eigenvalue weighted by Crippen LogP contribution is 2.52. The van der Waals surface area contributed by atoms with E-state index in [1.807, 2.05) is 43.3 Å². The summed E-state index contributed by atoms with van der Waals surface area (Å²) in [7, 11) is -1.02. The van der Waals surface area contributed by atoms with Gasteiger partial charge >= 0.3 is 6.29 Å². The number of hydrogen-bond acceptors (Lipinski definition) is 5. The highest BCUT2D eigenvalue weighted by atomic mass is 32.2. The fraction of sp³-hybridized carbons (Fsp3) is 0.280. The highest BCUT2D eigenvalue weighted by Gasteiger charge is 2.52. The minimum Gasteiger partial charge on any atom is -0.412 e. The third kappa shape index (κ3) is 4.45. The molecule has 5 rings (SSSR count). The summed E-state index contributed by atoms with van der Waals surface area (Å²) >= 11 is 0. The molecule has 1 fully saturated rings. The first-order valence-corrected chi connectivity index (χ1v) is 12.0. The quantitative estimate of drug-likeness (QED) is 0.497. The lowest BCUT2D eigenvalue weighted by Crippen LogP contribution is -2.26. The Morgan fingerprint density at radius 3 is 2.41 bits per heavy atom. The molecule has 34 heavy (non-hydrogen) atoms. The van der Waals surface area contributed by atoms with Crippen LogP contribution < -0.4 is 9.47 Å². The Labute approximate surface area is 197 Å². The van der Waals surface area contributed by atoms with Gasteiger partial charge in [0.25, 0.3) is 0 Å². The van der Waals surface area contributed by atoms with Gasteiger partial charge in [0.05, 0.1) is 21.9 Å². The number of ketones is 1. The van der Waals surface area contributed by atoms with Crippen LogP contribution in [-0.2, 0) is 27.4 Å². The van der Waals surface area contributed by atoms with E-state index >= 15 is 0 Å². The summed E-state index contributed by atoms with van der Waals surface area (Å²) in [5, 5.41) is 0. The van der Waals surface area contributed by atoms with Crippen LogP contribution in [0.2, 0.25) is 0 Å². The van der Waals surface area contributed by atoms with Crippen LogP contribution in [0.3, 0.4) is 0 Å². The molecule has 2 heterocycles. The van der Waals surface area contributed by atoms with Gasteiger partial charge in [-0.1, -0.05) is 31.2 Å². The Hall–Kier alpha value is -3.17. The minimum atomic E-state index is -3.68. The maximum absolute atomic E-state index is 13.3. The standard InChI is InChI=1S/C25H21F2NO4S.H2O/c1-2-33(30)19-9-6-16(7-10-19)20-5-3-4-18(28-20)15-23(29)24(12-13-24)17-8-11-21-22(14-17)32-25(26,27)31-21;/h3-11,14H,2,12-13,15H2,1H3;1H2. The number of benzene rings is 2. The van der Waals surface area contributed by atoms with Crippen LogP contribution in [-0.4, -0.2) is 32.5 Å². The second-order valence-corrected chi connectivity index (χ2v) is 9.92. The van der Waals surface area contributed by atoms with E-state index in [2.05, 4.69) is 14.5 Å². The zero-order valence-electron chi connectivity index (χ0n) is 18.3. The van der Waals surface area contributed by atoms with Gasteiger partial charge in [0.15, 0.2) is 11.5 Å². The van der Waals surface area contributed by atoms with Crippen LogP contribution in [0.5, 0.6) is 11.5 Å². The van der Waals surface area contributed by atoms with Crippen molar-refractivity contribution in [1.82, 2.24) is 4.98 Å². The molecule has 2 aromatic carbocycles. The molecular weight excluding hydrogens is 464 g/mol. The van der Waals surface area contributed by atoms with E-state index in [0.717, 1.165) is 16.2 Å². The van der Waals surface area contributed by atoms with Crippen LogP contribution in [0.15, 0.2) is 65.6 Å². The van der Waals surface area contributed by atoms with E-state index in [1.54, 1.807) is 12.1 Å². The molecule has 1 aliphatic heterocycles. The van der Waals surface area contributed by atoms with Gasteiger partial charge in [-0.15, -0.1) is 8.78 Å². The topological polar surface area (TPSA) is 97.0 Å². The van der Waals surface area contributed by atoms with E-state index in [0.29, 0.717) is 29.9 Å². The summed E-state index contributed by atoms with van der Waals surface area (Å²) < 4.78 is 47.7. The zero-order valence-corrected chi connectivity index (χ0v) is 19.2. The molecule has 3 aromatic rings. The number of hydrogen-bond donors (Lipinski definition) is 0. The maximum atomic E-state index is 13.3. The average molecular weight is 488 g/mol. The van der Waals surface area contributed by atoms with Crippen molar-refractivity contribution in [2.75, 3.05) is 5.75 Å². The Balaban J connectivity index is 0.00000274.